The van der Waals surface area contributed by atoms with Gasteiger partial charge >= 0.3 is 0 Å². The Kier molecular flexibility index (Phi) is 5.99. The standard InChI is InChI=1S/C14H21NO4/c1-17-11-9-8-10(6-4-5-7-12(15)16)13(18-2)14(11)19-3/h8-9H,4-7H2,1-3H3,(H2,15,16). The van der Waals surface area contributed by atoms with Gasteiger partial charge in [-0.1, -0.05) is 6.07 Å². The molecule has 0 saturated heterocycles. The van der Waals surface area contributed by atoms with Crippen LogP contribution < -0.4 is 19.9 Å². The van der Waals surface area contributed by atoms with Crippen molar-refractivity contribution in [3.63, 3.8) is 0 Å². The zero-order valence-electron chi connectivity index (χ0n) is 11.7. The smallest absolute Gasteiger partial charge is 0.217 e. The maximum atomic E-state index is 10.7. The summed E-state index contributed by atoms with van der Waals surface area (Å²) in [6.45, 7) is 0. The summed E-state index contributed by atoms with van der Waals surface area (Å²) >= 11 is 0. The average molecular weight is 267 g/mol. The largest absolute Gasteiger partial charge is 0.493 e. The summed E-state index contributed by atoms with van der Waals surface area (Å²) in [7, 11) is 4.77. The molecule has 5 nitrogen and oxygen atoms in total. The molecule has 0 heterocycles. The number of carbonyl (C=O) groups excluding carboxylic acids is 1. The Bertz CT molecular complexity index is 432. The zero-order chi connectivity index (χ0) is 14.3. The summed E-state index contributed by atoms with van der Waals surface area (Å²) in [5.74, 6) is 1.65. The van der Waals surface area contributed by atoms with Crippen molar-refractivity contribution in [1.29, 1.82) is 0 Å². The van der Waals surface area contributed by atoms with Crippen LogP contribution >= 0.6 is 0 Å². The number of methoxy groups -OCH3 is 3. The van der Waals surface area contributed by atoms with E-state index in [1.54, 1.807) is 21.3 Å². The van der Waals surface area contributed by atoms with Gasteiger partial charge in [0.15, 0.2) is 11.5 Å². The molecular formula is C14H21NO4. The second-order valence-corrected chi connectivity index (χ2v) is 4.17. The van der Waals surface area contributed by atoms with E-state index >= 15 is 0 Å². The molecule has 0 unspecified atom stereocenters. The van der Waals surface area contributed by atoms with Crippen LogP contribution in [0.3, 0.4) is 0 Å². The number of ether oxygens (including phenoxy) is 3. The van der Waals surface area contributed by atoms with Crippen molar-refractivity contribution in [1.82, 2.24) is 0 Å². The SMILES string of the molecule is COc1ccc(CCCCC(N)=O)c(OC)c1OC. The number of primary amides is 1. The maximum Gasteiger partial charge on any atom is 0.217 e. The summed E-state index contributed by atoms with van der Waals surface area (Å²) in [4.78, 5) is 10.7. The highest BCUT2D eigenvalue weighted by Gasteiger charge is 2.15. The molecule has 1 rings (SSSR count). The van der Waals surface area contributed by atoms with Gasteiger partial charge in [0.1, 0.15) is 0 Å². The number of unbranched alkanes of at least 4 members (excludes halogenated alkanes) is 1. The number of hydrogen-bond acceptors (Lipinski definition) is 4. The third-order valence-electron chi connectivity index (χ3n) is 2.91. The van der Waals surface area contributed by atoms with Crippen molar-refractivity contribution in [3.05, 3.63) is 17.7 Å². The third-order valence-corrected chi connectivity index (χ3v) is 2.91. The van der Waals surface area contributed by atoms with Crippen LogP contribution in [0.25, 0.3) is 0 Å². The van der Waals surface area contributed by atoms with Gasteiger partial charge in [-0.05, 0) is 30.9 Å². The van der Waals surface area contributed by atoms with Crippen LogP contribution in [0.1, 0.15) is 24.8 Å². The monoisotopic (exact) mass is 267 g/mol. The lowest BCUT2D eigenvalue weighted by molar-refractivity contribution is -0.118. The first-order chi connectivity index (χ1) is 9.13. The maximum absolute atomic E-state index is 10.7. The van der Waals surface area contributed by atoms with Gasteiger partial charge in [-0.25, -0.2) is 0 Å². The minimum absolute atomic E-state index is 0.265. The van der Waals surface area contributed by atoms with Gasteiger partial charge in [0.2, 0.25) is 11.7 Å². The first-order valence-electron chi connectivity index (χ1n) is 6.20. The molecule has 0 fully saturated rings. The predicted octanol–water partition coefficient (Wildman–Crippen LogP) is 1.91. The third kappa shape index (κ3) is 4.05. The first-order valence-corrected chi connectivity index (χ1v) is 6.20. The Morgan fingerprint density at radius 3 is 2.26 bits per heavy atom. The molecule has 106 valence electrons. The van der Waals surface area contributed by atoms with E-state index in [9.17, 15) is 4.79 Å². The number of hydrogen-bond donors (Lipinski definition) is 1. The molecule has 1 aromatic rings. The minimum atomic E-state index is -0.265. The normalized spacial score (nSPS) is 10.1. The Hall–Kier alpha value is -1.91. The molecule has 0 aliphatic carbocycles. The molecule has 0 saturated carbocycles. The summed E-state index contributed by atoms with van der Waals surface area (Å²) in [5.41, 5.74) is 6.14. The number of aryl methyl sites for hydroxylation is 1. The van der Waals surface area contributed by atoms with Crippen LogP contribution in [0.15, 0.2) is 12.1 Å². The predicted molar refractivity (Wildman–Crippen MR) is 72.8 cm³/mol. The second-order valence-electron chi connectivity index (χ2n) is 4.17. The molecule has 2 N–H and O–H groups in total. The molecule has 0 radical (unpaired) electrons. The quantitative estimate of drug-likeness (QED) is 0.730. The number of carbonyl (C=O) groups is 1. The van der Waals surface area contributed by atoms with Gasteiger partial charge in [0, 0.05) is 6.42 Å². The molecule has 19 heavy (non-hydrogen) atoms. The van der Waals surface area contributed by atoms with Crippen molar-refractivity contribution in [2.45, 2.75) is 25.7 Å². The van der Waals surface area contributed by atoms with Gasteiger partial charge in [-0.15, -0.1) is 0 Å². The Labute approximate surface area is 113 Å². The fourth-order valence-electron chi connectivity index (χ4n) is 1.97. The molecular weight excluding hydrogens is 246 g/mol. The van der Waals surface area contributed by atoms with Crippen LogP contribution in [0, 0.1) is 0 Å². The van der Waals surface area contributed by atoms with Crippen molar-refractivity contribution >= 4 is 5.91 Å². The molecule has 0 aromatic heterocycles. The first kappa shape index (κ1) is 15.1. The van der Waals surface area contributed by atoms with Gasteiger partial charge in [0.25, 0.3) is 0 Å². The van der Waals surface area contributed by atoms with Crippen LogP contribution in [-0.2, 0) is 11.2 Å². The summed E-state index contributed by atoms with van der Waals surface area (Å²) in [6, 6.07) is 3.80. The van der Waals surface area contributed by atoms with Crippen molar-refractivity contribution in [2.75, 3.05) is 21.3 Å². The molecule has 0 bridgehead atoms. The van der Waals surface area contributed by atoms with E-state index in [2.05, 4.69) is 0 Å². The van der Waals surface area contributed by atoms with E-state index in [4.69, 9.17) is 19.9 Å². The van der Waals surface area contributed by atoms with E-state index in [1.165, 1.54) is 0 Å². The Balaban J connectivity index is 2.80. The summed E-state index contributed by atoms with van der Waals surface area (Å²) < 4.78 is 15.9. The Morgan fingerprint density at radius 1 is 1.05 bits per heavy atom. The van der Waals surface area contributed by atoms with E-state index < -0.39 is 0 Å². The van der Waals surface area contributed by atoms with Crippen molar-refractivity contribution < 1.29 is 19.0 Å². The van der Waals surface area contributed by atoms with E-state index in [0.717, 1.165) is 24.8 Å². The summed E-state index contributed by atoms with van der Waals surface area (Å²) in [6.07, 6.45) is 2.86. The number of nitrogens with two attached hydrogens (primary N) is 1. The van der Waals surface area contributed by atoms with Crippen LogP contribution in [-0.4, -0.2) is 27.2 Å². The Morgan fingerprint density at radius 2 is 1.74 bits per heavy atom. The zero-order valence-corrected chi connectivity index (χ0v) is 11.7. The molecule has 1 amide bonds. The van der Waals surface area contributed by atoms with Gasteiger partial charge in [0.05, 0.1) is 21.3 Å². The van der Waals surface area contributed by atoms with Crippen LogP contribution in [0.5, 0.6) is 17.2 Å². The molecule has 1 aromatic carbocycles. The highest BCUT2D eigenvalue weighted by atomic mass is 16.5. The van der Waals surface area contributed by atoms with Crippen molar-refractivity contribution in [2.24, 2.45) is 5.73 Å². The van der Waals surface area contributed by atoms with Crippen molar-refractivity contribution in [3.8, 4) is 17.2 Å². The molecule has 0 spiro atoms. The minimum Gasteiger partial charge on any atom is -0.493 e. The fourth-order valence-corrected chi connectivity index (χ4v) is 1.97. The van der Waals surface area contributed by atoms with Crippen LogP contribution in [0.2, 0.25) is 0 Å². The number of rotatable bonds is 8. The van der Waals surface area contributed by atoms with E-state index in [1.807, 2.05) is 12.1 Å². The van der Waals surface area contributed by atoms with Gasteiger partial charge in [-0.2, -0.15) is 0 Å². The molecule has 0 aliphatic heterocycles. The molecule has 0 aliphatic rings. The molecule has 5 heteroatoms. The highest BCUT2D eigenvalue weighted by molar-refractivity contribution is 5.73. The number of amides is 1. The molecule has 0 atom stereocenters. The highest BCUT2D eigenvalue weighted by Crippen LogP contribution is 2.40. The summed E-state index contributed by atoms with van der Waals surface area (Å²) in [5, 5.41) is 0. The van der Waals surface area contributed by atoms with E-state index in [0.29, 0.717) is 23.7 Å². The van der Waals surface area contributed by atoms with Crippen LogP contribution in [0.4, 0.5) is 0 Å². The average Bonchev–Trinajstić information content (AvgIpc) is 2.42. The lowest BCUT2D eigenvalue weighted by Gasteiger charge is -2.15. The topological polar surface area (TPSA) is 70.8 Å². The van der Waals surface area contributed by atoms with Gasteiger partial charge in [-0.3, -0.25) is 4.79 Å². The van der Waals surface area contributed by atoms with E-state index in [-0.39, 0.29) is 5.91 Å². The lowest BCUT2D eigenvalue weighted by atomic mass is 10.0. The second kappa shape index (κ2) is 7.51. The lowest BCUT2D eigenvalue weighted by Crippen LogP contribution is -2.09. The number of benzene rings is 1. The fraction of sp³-hybridized carbons (Fsp3) is 0.500. The van der Waals surface area contributed by atoms with Gasteiger partial charge < -0.3 is 19.9 Å².